The third-order valence-corrected chi connectivity index (χ3v) is 0.647. The zero-order valence-electron chi connectivity index (χ0n) is 5.90. The Morgan fingerprint density at radius 2 is 2.00 bits per heavy atom. The average molecular weight is 150 g/mol. The van der Waals surface area contributed by atoms with Crippen molar-refractivity contribution in [3.8, 4) is 0 Å². The number of rotatable bonds is 2. The van der Waals surface area contributed by atoms with E-state index in [1.807, 2.05) is 13.8 Å². The van der Waals surface area contributed by atoms with Crippen LogP contribution in [0.3, 0.4) is 0 Å². The van der Waals surface area contributed by atoms with Gasteiger partial charge in [-0.3, -0.25) is 4.79 Å². The molecule has 0 aromatic heterocycles. The molecule has 0 aliphatic heterocycles. The van der Waals surface area contributed by atoms with Crippen LogP contribution in [-0.4, -0.2) is 41.0 Å². The van der Waals surface area contributed by atoms with Gasteiger partial charge in [0.1, 0.15) is 0 Å². The first-order chi connectivity index (χ1) is 3.95. The van der Waals surface area contributed by atoms with Gasteiger partial charge in [-0.1, -0.05) is 6.58 Å². The van der Waals surface area contributed by atoms with E-state index in [0.717, 1.165) is 0 Å². The van der Waals surface area contributed by atoms with Gasteiger partial charge >= 0.3 is 29.6 Å². The van der Waals surface area contributed by atoms with Gasteiger partial charge in [0, 0.05) is 5.54 Å². The fraction of sp³-hybridized carbons (Fsp3) is 0.429. The molecule has 0 fully saturated rings. The zero-order chi connectivity index (χ0) is 7.49. The van der Waals surface area contributed by atoms with Crippen molar-refractivity contribution in [2.45, 2.75) is 19.4 Å². The third-order valence-electron chi connectivity index (χ3n) is 0.647. The summed E-state index contributed by atoms with van der Waals surface area (Å²) in [6.45, 7) is 10.6. The van der Waals surface area contributed by atoms with E-state index in [4.69, 9.17) is 0 Å². The van der Waals surface area contributed by atoms with Crippen LogP contribution in [-0.2, 0) is 4.79 Å². The molecule has 53 valence electrons. The number of nitrogens with one attached hydrogen (secondary N) is 1. The summed E-state index contributed by atoms with van der Waals surface area (Å²) in [5, 5.41) is 2.60. The van der Waals surface area contributed by atoms with Crippen LogP contribution < -0.4 is 5.32 Å². The Morgan fingerprint density at radius 1 is 1.60 bits per heavy atom. The number of hydrogen-bond acceptors (Lipinski definition) is 1. The molecular weight excluding hydrogens is 137 g/mol. The SMILES string of the molecule is [CH2]C(C)(C)NC(=O)C=C.[NaH]. The second-order valence-electron chi connectivity index (χ2n) is 2.58. The summed E-state index contributed by atoms with van der Waals surface area (Å²) in [6, 6.07) is 0. The monoisotopic (exact) mass is 150 g/mol. The molecule has 0 aliphatic carbocycles. The Morgan fingerprint density at radius 3 is 2.10 bits per heavy atom. The van der Waals surface area contributed by atoms with E-state index in [1.165, 1.54) is 6.08 Å². The standard InChI is InChI=1S/C7H12NO.Na.H/c1-5-6(9)8-7(2,3)4;;/h5H,1-2H2,3-4H3,(H,8,9);;. The molecule has 1 radical (unpaired) electrons. The van der Waals surface area contributed by atoms with Crippen LogP contribution in [0.5, 0.6) is 0 Å². The molecule has 10 heavy (non-hydrogen) atoms. The van der Waals surface area contributed by atoms with Crippen molar-refractivity contribution in [3.63, 3.8) is 0 Å². The number of amides is 1. The van der Waals surface area contributed by atoms with Crippen LogP contribution in [0.25, 0.3) is 0 Å². The van der Waals surface area contributed by atoms with Crippen molar-refractivity contribution in [2.24, 2.45) is 0 Å². The van der Waals surface area contributed by atoms with Crippen LogP contribution in [0.4, 0.5) is 0 Å². The molecule has 0 bridgehead atoms. The molecule has 0 aliphatic rings. The molecule has 0 atom stereocenters. The summed E-state index contributed by atoms with van der Waals surface area (Å²) in [4.78, 5) is 10.6. The average Bonchev–Trinajstić information content (AvgIpc) is 1.62. The van der Waals surface area contributed by atoms with Gasteiger partial charge in [0.15, 0.2) is 0 Å². The molecule has 0 saturated carbocycles. The van der Waals surface area contributed by atoms with Gasteiger partial charge in [0.2, 0.25) is 5.91 Å². The normalized spacial score (nSPS) is 9.50. The van der Waals surface area contributed by atoms with Crippen molar-refractivity contribution in [2.75, 3.05) is 0 Å². The summed E-state index contributed by atoms with van der Waals surface area (Å²) < 4.78 is 0. The summed E-state index contributed by atoms with van der Waals surface area (Å²) in [5.41, 5.74) is -0.398. The molecule has 1 N–H and O–H groups in total. The Kier molecular flexibility index (Phi) is 6.35. The minimum absolute atomic E-state index is 0. The Hall–Kier alpha value is 0.210. The Bertz CT molecular complexity index is 126. The predicted molar refractivity (Wildman–Crippen MR) is 44.9 cm³/mol. The van der Waals surface area contributed by atoms with Crippen molar-refractivity contribution in [1.82, 2.24) is 5.32 Å². The fourth-order valence-corrected chi connectivity index (χ4v) is 0.385. The molecule has 1 amide bonds. The van der Waals surface area contributed by atoms with Gasteiger partial charge < -0.3 is 5.32 Å². The maximum atomic E-state index is 10.6. The molecule has 0 saturated heterocycles. The van der Waals surface area contributed by atoms with Crippen molar-refractivity contribution in [1.29, 1.82) is 0 Å². The first kappa shape index (κ1) is 12.8. The number of carbonyl (C=O) groups is 1. The summed E-state index contributed by atoms with van der Waals surface area (Å²) in [5.74, 6) is -0.185. The second kappa shape index (κ2) is 4.94. The van der Waals surface area contributed by atoms with Crippen LogP contribution in [0, 0.1) is 6.92 Å². The van der Waals surface area contributed by atoms with Gasteiger partial charge in [-0.2, -0.15) is 0 Å². The fourth-order valence-electron chi connectivity index (χ4n) is 0.385. The van der Waals surface area contributed by atoms with Crippen LogP contribution >= 0.6 is 0 Å². The summed E-state index contributed by atoms with van der Waals surface area (Å²) in [6.07, 6.45) is 1.23. The topological polar surface area (TPSA) is 29.1 Å². The Labute approximate surface area is 84.4 Å². The van der Waals surface area contributed by atoms with Crippen LogP contribution in [0.15, 0.2) is 12.7 Å². The quantitative estimate of drug-likeness (QED) is 0.444. The molecule has 0 unspecified atom stereocenters. The van der Waals surface area contributed by atoms with Crippen LogP contribution in [0.2, 0.25) is 0 Å². The van der Waals surface area contributed by atoms with E-state index in [2.05, 4.69) is 18.8 Å². The molecule has 0 aromatic carbocycles. The zero-order valence-corrected chi connectivity index (χ0v) is 5.90. The molecule has 2 nitrogen and oxygen atoms in total. The van der Waals surface area contributed by atoms with E-state index in [1.54, 1.807) is 0 Å². The summed E-state index contributed by atoms with van der Waals surface area (Å²) >= 11 is 0. The third kappa shape index (κ3) is 8.21. The Balaban J connectivity index is 0. The number of carbonyl (C=O) groups excluding carboxylic acids is 1. The first-order valence-corrected chi connectivity index (χ1v) is 2.75. The predicted octanol–water partition coefficient (Wildman–Crippen LogP) is 0.253. The molecule has 0 heterocycles. The van der Waals surface area contributed by atoms with Gasteiger partial charge in [-0.15, -0.1) is 0 Å². The number of hydrogen-bond donors (Lipinski definition) is 1. The molecule has 0 rings (SSSR count). The van der Waals surface area contributed by atoms with E-state index in [9.17, 15) is 4.79 Å². The first-order valence-electron chi connectivity index (χ1n) is 2.75. The molecule has 3 heteroatoms. The van der Waals surface area contributed by atoms with E-state index in [-0.39, 0.29) is 35.5 Å². The van der Waals surface area contributed by atoms with Crippen molar-refractivity contribution < 1.29 is 4.79 Å². The van der Waals surface area contributed by atoms with Crippen molar-refractivity contribution in [3.05, 3.63) is 19.6 Å². The van der Waals surface area contributed by atoms with Gasteiger partial charge in [-0.05, 0) is 26.8 Å². The molecule has 0 spiro atoms. The molecular formula is C7H13NNaO. The maximum absolute atomic E-state index is 10.6. The van der Waals surface area contributed by atoms with Crippen LogP contribution in [0.1, 0.15) is 13.8 Å². The summed E-state index contributed by atoms with van der Waals surface area (Å²) in [7, 11) is 0. The van der Waals surface area contributed by atoms with E-state index < -0.39 is 5.54 Å². The van der Waals surface area contributed by atoms with E-state index >= 15 is 0 Å². The van der Waals surface area contributed by atoms with Gasteiger partial charge in [0.05, 0.1) is 0 Å². The minimum atomic E-state index is -0.398. The van der Waals surface area contributed by atoms with E-state index in [0.29, 0.717) is 0 Å². The second-order valence-corrected chi connectivity index (χ2v) is 2.58. The molecule has 0 aromatic rings. The van der Waals surface area contributed by atoms with Gasteiger partial charge in [-0.25, -0.2) is 0 Å². The van der Waals surface area contributed by atoms with Gasteiger partial charge in [0.25, 0.3) is 0 Å². The van der Waals surface area contributed by atoms with Crippen molar-refractivity contribution >= 4 is 35.5 Å².